The quantitative estimate of drug-likeness (QED) is 0.855. The number of hydrogen-bond donors (Lipinski definition) is 1. The summed E-state index contributed by atoms with van der Waals surface area (Å²) in [6, 6.07) is 9.68. The lowest BCUT2D eigenvalue weighted by molar-refractivity contribution is 0.421. The predicted octanol–water partition coefficient (Wildman–Crippen LogP) is 4.19. The van der Waals surface area contributed by atoms with Gasteiger partial charge in [0.2, 0.25) is 0 Å². The van der Waals surface area contributed by atoms with Crippen LogP contribution in [0.15, 0.2) is 24.3 Å². The van der Waals surface area contributed by atoms with Gasteiger partial charge in [-0.15, -0.1) is 0 Å². The van der Waals surface area contributed by atoms with Crippen molar-refractivity contribution in [3.63, 3.8) is 0 Å². The summed E-state index contributed by atoms with van der Waals surface area (Å²) in [5, 5.41) is 3.70. The second-order valence-electron chi connectivity index (χ2n) is 5.35. The van der Waals surface area contributed by atoms with Crippen LogP contribution in [0.25, 0.3) is 0 Å². The molecule has 0 aliphatic carbocycles. The fraction of sp³-hybridized carbons (Fsp3) is 0.625. The van der Waals surface area contributed by atoms with Gasteiger partial charge < -0.3 is 5.32 Å². The van der Waals surface area contributed by atoms with E-state index >= 15 is 0 Å². The molecular formula is C16H25NS. The standard InChI is InChI=1S/C16H25NS/c1-4-13-7-9-14(10-8-13)15(17-5-2)16(3)11-6-12-18-16/h7-10,15,17H,4-6,11-12H2,1-3H3. The van der Waals surface area contributed by atoms with Gasteiger partial charge in [-0.1, -0.05) is 38.1 Å². The Hall–Kier alpha value is -0.470. The van der Waals surface area contributed by atoms with E-state index in [1.54, 1.807) is 0 Å². The molecule has 1 aromatic carbocycles. The first-order chi connectivity index (χ1) is 8.69. The Bertz CT molecular complexity index is 365. The highest BCUT2D eigenvalue weighted by Gasteiger charge is 2.38. The fourth-order valence-corrected chi connectivity index (χ4v) is 4.29. The van der Waals surface area contributed by atoms with Crippen LogP contribution in [0.4, 0.5) is 0 Å². The van der Waals surface area contributed by atoms with Gasteiger partial charge in [-0.3, -0.25) is 0 Å². The minimum Gasteiger partial charge on any atom is -0.309 e. The first kappa shape index (κ1) is 14.0. The van der Waals surface area contributed by atoms with Crippen molar-refractivity contribution in [1.29, 1.82) is 0 Å². The SMILES string of the molecule is CCNC(c1ccc(CC)cc1)C1(C)CCCS1. The normalized spacial score (nSPS) is 25.3. The number of aryl methyl sites for hydroxylation is 1. The summed E-state index contributed by atoms with van der Waals surface area (Å²) in [7, 11) is 0. The third kappa shape index (κ3) is 2.92. The minimum atomic E-state index is 0.365. The lowest BCUT2D eigenvalue weighted by Crippen LogP contribution is -2.37. The molecule has 0 radical (unpaired) electrons. The number of benzene rings is 1. The Labute approximate surface area is 116 Å². The summed E-state index contributed by atoms with van der Waals surface area (Å²) in [6.45, 7) is 7.88. The topological polar surface area (TPSA) is 12.0 Å². The van der Waals surface area contributed by atoms with E-state index in [0.29, 0.717) is 10.8 Å². The van der Waals surface area contributed by atoms with Crippen LogP contribution >= 0.6 is 11.8 Å². The van der Waals surface area contributed by atoms with E-state index in [0.717, 1.165) is 13.0 Å². The lowest BCUT2D eigenvalue weighted by Gasteiger charge is -2.34. The third-order valence-electron chi connectivity index (χ3n) is 3.99. The minimum absolute atomic E-state index is 0.365. The summed E-state index contributed by atoms with van der Waals surface area (Å²) in [5.74, 6) is 1.31. The average Bonchev–Trinajstić information content (AvgIpc) is 2.84. The molecular weight excluding hydrogens is 238 g/mol. The summed E-state index contributed by atoms with van der Waals surface area (Å²) >= 11 is 2.14. The number of rotatable bonds is 5. The molecule has 2 heteroatoms. The molecule has 1 aromatic rings. The molecule has 1 heterocycles. The van der Waals surface area contributed by atoms with Crippen LogP contribution in [0.1, 0.15) is 50.8 Å². The van der Waals surface area contributed by atoms with Crippen LogP contribution in [-0.2, 0) is 6.42 Å². The average molecular weight is 263 g/mol. The van der Waals surface area contributed by atoms with Gasteiger partial charge in [-0.05, 0) is 49.6 Å². The Morgan fingerprint density at radius 1 is 1.28 bits per heavy atom. The van der Waals surface area contributed by atoms with E-state index in [1.807, 2.05) is 0 Å². The predicted molar refractivity (Wildman–Crippen MR) is 82.3 cm³/mol. The second kappa shape index (κ2) is 6.12. The zero-order valence-corrected chi connectivity index (χ0v) is 12.6. The molecule has 18 heavy (non-hydrogen) atoms. The lowest BCUT2D eigenvalue weighted by atomic mass is 9.89. The number of nitrogens with one attached hydrogen (secondary N) is 1. The number of hydrogen-bond acceptors (Lipinski definition) is 2. The van der Waals surface area contributed by atoms with Crippen molar-refractivity contribution in [3.8, 4) is 0 Å². The largest absolute Gasteiger partial charge is 0.309 e. The van der Waals surface area contributed by atoms with Gasteiger partial charge in [-0.2, -0.15) is 11.8 Å². The van der Waals surface area contributed by atoms with Crippen LogP contribution < -0.4 is 5.32 Å². The zero-order valence-electron chi connectivity index (χ0n) is 11.8. The van der Waals surface area contributed by atoms with Gasteiger partial charge in [0, 0.05) is 10.8 Å². The molecule has 1 aliphatic rings. The molecule has 1 N–H and O–H groups in total. The first-order valence-electron chi connectivity index (χ1n) is 7.16. The molecule has 0 spiro atoms. The molecule has 1 fully saturated rings. The first-order valence-corrected chi connectivity index (χ1v) is 8.14. The van der Waals surface area contributed by atoms with E-state index in [4.69, 9.17) is 0 Å². The summed E-state index contributed by atoms with van der Waals surface area (Å²) in [5.41, 5.74) is 2.88. The fourth-order valence-electron chi connectivity index (χ4n) is 2.86. The molecule has 0 saturated carbocycles. The highest BCUT2D eigenvalue weighted by atomic mass is 32.2. The van der Waals surface area contributed by atoms with Gasteiger partial charge in [0.25, 0.3) is 0 Å². The van der Waals surface area contributed by atoms with Gasteiger partial charge in [0.15, 0.2) is 0 Å². The highest BCUT2D eigenvalue weighted by Crippen LogP contribution is 2.46. The third-order valence-corrected chi connectivity index (χ3v) is 5.58. The van der Waals surface area contributed by atoms with Crippen LogP contribution in [0.5, 0.6) is 0 Å². The van der Waals surface area contributed by atoms with Crippen molar-refractivity contribution in [3.05, 3.63) is 35.4 Å². The molecule has 2 atom stereocenters. The van der Waals surface area contributed by atoms with E-state index in [2.05, 4.69) is 62.1 Å². The van der Waals surface area contributed by atoms with Crippen molar-refractivity contribution < 1.29 is 0 Å². The maximum absolute atomic E-state index is 3.70. The van der Waals surface area contributed by atoms with Crippen LogP contribution in [0, 0.1) is 0 Å². The summed E-state index contributed by atoms with van der Waals surface area (Å²) in [4.78, 5) is 0. The molecule has 1 aliphatic heterocycles. The van der Waals surface area contributed by atoms with E-state index < -0.39 is 0 Å². The molecule has 1 saturated heterocycles. The van der Waals surface area contributed by atoms with Gasteiger partial charge in [0.05, 0.1) is 0 Å². The van der Waals surface area contributed by atoms with Crippen molar-refractivity contribution in [2.75, 3.05) is 12.3 Å². The Morgan fingerprint density at radius 3 is 2.50 bits per heavy atom. The second-order valence-corrected chi connectivity index (χ2v) is 6.98. The van der Waals surface area contributed by atoms with E-state index in [-0.39, 0.29) is 0 Å². The van der Waals surface area contributed by atoms with E-state index in [1.165, 1.54) is 29.7 Å². The smallest absolute Gasteiger partial charge is 0.0466 e. The van der Waals surface area contributed by atoms with Crippen molar-refractivity contribution in [2.45, 2.75) is 50.8 Å². The molecule has 2 unspecified atom stereocenters. The molecule has 0 amide bonds. The van der Waals surface area contributed by atoms with E-state index in [9.17, 15) is 0 Å². The van der Waals surface area contributed by atoms with Crippen LogP contribution in [-0.4, -0.2) is 17.0 Å². The monoisotopic (exact) mass is 263 g/mol. The maximum atomic E-state index is 3.70. The maximum Gasteiger partial charge on any atom is 0.0466 e. The summed E-state index contributed by atoms with van der Waals surface area (Å²) in [6.07, 6.45) is 3.80. The van der Waals surface area contributed by atoms with Crippen LogP contribution in [0.3, 0.4) is 0 Å². The van der Waals surface area contributed by atoms with Gasteiger partial charge in [0.1, 0.15) is 0 Å². The molecule has 1 nitrogen and oxygen atoms in total. The molecule has 100 valence electrons. The molecule has 0 aromatic heterocycles. The highest BCUT2D eigenvalue weighted by molar-refractivity contribution is 8.00. The van der Waals surface area contributed by atoms with Crippen molar-refractivity contribution in [2.24, 2.45) is 0 Å². The van der Waals surface area contributed by atoms with Crippen molar-refractivity contribution in [1.82, 2.24) is 5.32 Å². The Kier molecular flexibility index (Phi) is 4.74. The zero-order chi connectivity index (χ0) is 13.0. The van der Waals surface area contributed by atoms with Crippen molar-refractivity contribution >= 4 is 11.8 Å². The van der Waals surface area contributed by atoms with Gasteiger partial charge in [-0.25, -0.2) is 0 Å². The Balaban J connectivity index is 2.22. The molecule has 0 bridgehead atoms. The van der Waals surface area contributed by atoms with Gasteiger partial charge >= 0.3 is 0 Å². The summed E-state index contributed by atoms with van der Waals surface area (Å²) < 4.78 is 0.365. The molecule has 2 rings (SSSR count). The number of thioether (sulfide) groups is 1. The van der Waals surface area contributed by atoms with Crippen LogP contribution in [0.2, 0.25) is 0 Å². The Morgan fingerprint density at radius 2 is 2.00 bits per heavy atom.